The number of aliphatic hydroxyl groups excluding tert-OH is 1. The minimum atomic E-state index is -1.53. The van der Waals surface area contributed by atoms with Gasteiger partial charge in [0.2, 0.25) is 0 Å². The molecule has 1 atom stereocenters. The molecule has 104 valence electrons. The van der Waals surface area contributed by atoms with E-state index in [1.807, 2.05) is 0 Å². The summed E-state index contributed by atoms with van der Waals surface area (Å²) < 4.78 is 52.8. The molecular weight excluding hydrogens is 274 g/mol. The van der Waals surface area contributed by atoms with Crippen molar-refractivity contribution < 1.29 is 22.7 Å². The Labute approximate surface area is 108 Å². The van der Waals surface area contributed by atoms with Gasteiger partial charge in [-0.3, -0.25) is 0 Å². The van der Waals surface area contributed by atoms with Crippen LogP contribution in [0.5, 0.6) is 0 Å². The third-order valence-corrected chi connectivity index (χ3v) is 2.71. The lowest BCUT2D eigenvalue weighted by Crippen LogP contribution is -2.34. The summed E-state index contributed by atoms with van der Waals surface area (Å²) >= 11 is 0. The highest BCUT2D eigenvalue weighted by atomic mass is 35.5. The maximum atomic E-state index is 13.4. The van der Waals surface area contributed by atoms with Crippen LogP contribution >= 0.6 is 12.4 Å². The van der Waals surface area contributed by atoms with Crippen LogP contribution in [-0.2, 0) is 0 Å². The molecule has 0 aliphatic carbocycles. The monoisotopic (exact) mass is 287 g/mol. The average Bonchev–Trinajstić information content (AvgIpc) is 2.26. The molecule has 0 saturated heterocycles. The van der Waals surface area contributed by atoms with Crippen LogP contribution in [0.15, 0.2) is 6.07 Å². The molecule has 3 N–H and O–H groups in total. The number of rotatable bonds is 3. The van der Waals surface area contributed by atoms with Crippen LogP contribution in [0, 0.1) is 28.7 Å². The summed E-state index contributed by atoms with van der Waals surface area (Å²) in [6.45, 7) is 2.38. The average molecular weight is 288 g/mol. The number of benzene rings is 1. The summed E-state index contributed by atoms with van der Waals surface area (Å²) in [5.74, 6) is -6.08. The van der Waals surface area contributed by atoms with E-state index >= 15 is 0 Å². The summed E-state index contributed by atoms with van der Waals surface area (Å²) in [5, 5.41) is 9.03. The first-order chi connectivity index (χ1) is 7.72. The van der Waals surface area contributed by atoms with Gasteiger partial charge in [0.15, 0.2) is 23.3 Å². The third-order valence-electron chi connectivity index (χ3n) is 2.71. The predicted octanol–water partition coefficient (Wildman–Crippen LogP) is 2.68. The lowest BCUT2D eigenvalue weighted by atomic mass is 9.81. The third kappa shape index (κ3) is 2.93. The molecule has 0 heterocycles. The van der Waals surface area contributed by atoms with Crippen molar-refractivity contribution in [3.63, 3.8) is 0 Å². The number of aliphatic hydroxyl groups is 1. The highest BCUT2D eigenvalue weighted by Gasteiger charge is 2.33. The standard InChI is InChI=1S/C11H13F4NO.ClH/c1-11(2,4-17)10(16)7-8(14)5(12)3-6(13)9(7)15;/h3,10,17H,4,16H2,1-2H3;1H/t10-;/m0./s1. The number of nitrogens with two attached hydrogens (primary N) is 1. The fraction of sp³-hybridized carbons (Fsp3) is 0.455. The van der Waals surface area contributed by atoms with Gasteiger partial charge in [-0.2, -0.15) is 0 Å². The molecule has 2 nitrogen and oxygen atoms in total. The molecule has 0 bridgehead atoms. The van der Waals surface area contributed by atoms with Gasteiger partial charge in [-0.05, 0) is 0 Å². The summed E-state index contributed by atoms with van der Waals surface area (Å²) in [4.78, 5) is 0. The van der Waals surface area contributed by atoms with Crippen molar-refractivity contribution in [2.45, 2.75) is 19.9 Å². The van der Waals surface area contributed by atoms with Crippen LogP contribution < -0.4 is 5.73 Å². The fourth-order valence-corrected chi connectivity index (χ4v) is 1.35. The topological polar surface area (TPSA) is 46.2 Å². The number of hydrogen-bond acceptors (Lipinski definition) is 2. The van der Waals surface area contributed by atoms with E-state index in [4.69, 9.17) is 10.8 Å². The van der Waals surface area contributed by atoms with E-state index in [-0.39, 0.29) is 18.5 Å². The molecule has 18 heavy (non-hydrogen) atoms. The van der Waals surface area contributed by atoms with Gasteiger partial charge in [0.05, 0.1) is 0 Å². The van der Waals surface area contributed by atoms with Crippen LogP contribution in [-0.4, -0.2) is 11.7 Å². The SMILES string of the molecule is CC(C)(CO)[C@@H](N)c1c(F)c(F)cc(F)c1F.Cl. The molecule has 0 fully saturated rings. The van der Waals surface area contributed by atoms with E-state index in [1.54, 1.807) is 0 Å². The Kier molecular flexibility index (Phi) is 5.58. The molecule has 1 aromatic carbocycles. The zero-order valence-corrected chi connectivity index (χ0v) is 10.6. The molecule has 0 aliphatic heterocycles. The Morgan fingerprint density at radius 2 is 1.56 bits per heavy atom. The van der Waals surface area contributed by atoms with Crippen molar-refractivity contribution in [1.82, 2.24) is 0 Å². The highest BCUT2D eigenvalue weighted by Crippen LogP contribution is 2.35. The van der Waals surface area contributed by atoms with Crippen molar-refractivity contribution in [1.29, 1.82) is 0 Å². The van der Waals surface area contributed by atoms with Gasteiger partial charge in [0, 0.05) is 29.7 Å². The molecule has 0 aliphatic rings. The fourth-order valence-electron chi connectivity index (χ4n) is 1.35. The minimum absolute atomic E-state index is 0. The van der Waals surface area contributed by atoms with Gasteiger partial charge < -0.3 is 10.8 Å². The molecule has 0 saturated carbocycles. The quantitative estimate of drug-likeness (QED) is 0.663. The van der Waals surface area contributed by atoms with Crippen LogP contribution in [0.2, 0.25) is 0 Å². The number of hydrogen-bond donors (Lipinski definition) is 2. The van der Waals surface area contributed by atoms with Crippen molar-refractivity contribution >= 4 is 12.4 Å². The first-order valence-electron chi connectivity index (χ1n) is 4.91. The predicted molar refractivity (Wildman–Crippen MR) is 61.3 cm³/mol. The largest absolute Gasteiger partial charge is 0.396 e. The Bertz CT molecular complexity index is 413. The Balaban J connectivity index is 0.00000289. The van der Waals surface area contributed by atoms with E-state index in [2.05, 4.69) is 0 Å². The number of halogens is 5. The smallest absolute Gasteiger partial charge is 0.166 e. The summed E-state index contributed by atoms with van der Waals surface area (Å²) in [5.41, 5.74) is 3.55. The normalized spacial score (nSPS) is 13.1. The Morgan fingerprint density at radius 1 is 1.17 bits per heavy atom. The second-order valence-electron chi connectivity index (χ2n) is 4.51. The molecule has 7 heteroatoms. The van der Waals surface area contributed by atoms with Crippen molar-refractivity contribution in [3.8, 4) is 0 Å². The zero-order chi connectivity index (χ0) is 13.4. The first kappa shape index (κ1) is 17.2. The van der Waals surface area contributed by atoms with Crippen molar-refractivity contribution in [2.75, 3.05) is 6.61 Å². The lowest BCUT2D eigenvalue weighted by Gasteiger charge is -2.30. The van der Waals surface area contributed by atoms with Crippen LogP contribution in [0.4, 0.5) is 17.6 Å². The van der Waals surface area contributed by atoms with Crippen LogP contribution in [0.3, 0.4) is 0 Å². The van der Waals surface area contributed by atoms with E-state index in [0.29, 0.717) is 0 Å². The Morgan fingerprint density at radius 3 is 1.89 bits per heavy atom. The van der Waals surface area contributed by atoms with Gasteiger partial charge >= 0.3 is 0 Å². The summed E-state index contributed by atoms with van der Waals surface area (Å²) in [7, 11) is 0. The van der Waals surface area contributed by atoms with Gasteiger partial charge in [0.1, 0.15) is 0 Å². The molecular formula is C11H14ClF4NO. The molecule has 1 rings (SSSR count). The van der Waals surface area contributed by atoms with E-state index in [9.17, 15) is 17.6 Å². The molecule has 0 aromatic heterocycles. The lowest BCUT2D eigenvalue weighted by molar-refractivity contribution is 0.128. The zero-order valence-electron chi connectivity index (χ0n) is 9.81. The van der Waals surface area contributed by atoms with Crippen molar-refractivity contribution in [3.05, 3.63) is 34.9 Å². The second kappa shape index (κ2) is 5.86. The molecule has 0 spiro atoms. The van der Waals surface area contributed by atoms with Crippen molar-refractivity contribution in [2.24, 2.45) is 11.1 Å². The minimum Gasteiger partial charge on any atom is -0.396 e. The molecule has 0 radical (unpaired) electrons. The molecule has 0 unspecified atom stereocenters. The molecule has 1 aromatic rings. The van der Waals surface area contributed by atoms with E-state index in [1.165, 1.54) is 13.8 Å². The maximum absolute atomic E-state index is 13.4. The van der Waals surface area contributed by atoms with Crippen LogP contribution in [0.25, 0.3) is 0 Å². The van der Waals surface area contributed by atoms with E-state index in [0.717, 1.165) is 0 Å². The maximum Gasteiger partial charge on any atom is 0.166 e. The summed E-state index contributed by atoms with van der Waals surface area (Å²) in [6.07, 6.45) is 0. The van der Waals surface area contributed by atoms with Gasteiger partial charge in [-0.15, -0.1) is 12.4 Å². The van der Waals surface area contributed by atoms with Crippen LogP contribution in [0.1, 0.15) is 25.5 Å². The first-order valence-corrected chi connectivity index (χ1v) is 4.91. The molecule has 0 amide bonds. The second-order valence-corrected chi connectivity index (χ2v) is 4.51. The van der Waals surface area contributed by atoms with E-state index < -0.39 is 46.9 Å². The van der Waals surface area contributed by atoms with Gasteiger partial charge in [-0.1, -0.05) is 13.8 Å². The van der Waals surface area contributed by atoms with Gasteiger partial charge in [0.25, 0.3) is 0 Å². The Hall–Kier alpha value is -0.850. The van der Waals surface area contributed by atoms with Gasteiger partial charge in [-0.25, -0.2) is 17.6 Å². The summed E-state index contributed by atoms with van der Waals surface area (Å²) in [6, 6.07) is -1.25. The highest BCUT2D eigenvalue weighted by molar-refractivity contribution is 5.85.